The normalized spacial score (nSPS) is 15.8. The lowest BCUT2D eigenvalue weighted by Gasteiger charge is -2.15. The summed E-state index contributed by atoms with van der Waals surface area (Å²) in [4.78, 5) is 48.2. The Kier molecular flexibility index (Phi) is 5.05. The van der Waals surface area contributed by atoms with Crippen molar-refractivity contribution in [1.82, 2.24) is 21.1 Å². The van der Waals surface area contributed by atoms with E-state index in [1.54, 1.807) is 20.8 Å². The summed E-state index contributed by atoms with van der Waals surface area (Å²) in [5, 5.41) is 2.50. The average molecular weight is 350 g/mol. The third kappa shape index (κ3) is 4.11. The number of imide groups is 1. The largest absolute Gasteiger partial charge is 0.325 e. The van der Waals surface area contributed by atoms with Crippen LogP contribution >= 0.6 is 0 Å². The maximum Gasteiger partial charge on any atom is 0.325 e. The molecule has 1 aromatic rings. The first-order valence-corrected chi connectivity index (χ1v) is 7.61. The minimum atomic E-state index is -1.00. The van der Waals surface area contributed by atoms with Crippen molar-refractivity contribution in [3.8, 4) is 0 Å². The van der Waals surface area contributed by atoms with Crippen molar-refractivity contribution in [2.45, 2.75) is 32.7 Å². The molecule has 0 radical (unpaired) electrons. The van der Waals surface area contributed by atoms with Crippen LogP contribution in [0.25, 0.3) is 0 Å². The second-order valence-corrected chi connectivity index (χ2v) is 6.23. The number of hydrogen-bond acceptors (Lipinski definition) is 4. The molecular weight excluding hydrogens is 331 g/mol. The van der Waals surface area contributed by atoms with Gasteiger partial charge < -0.3 is 5.32 Å². The van der Waals surface area contributed by atoms with Crippen LogP contribution in [0.15, 0.2) is 18.2 Å². The van der Waals surface area contributed by atoms with E-state index in [4.69, 9.17) is 0 Å². The average Bonchev–Trinajstić information content (AvgIpc) is 2.73. The van der Waals surface area contributed by atoms with Gasteiger partial charge in [-0.15, -0.1) is 0 Å². The predicted molar refractivity (Wildman–Crippen MR) is 85.7 cm³/mol. The van der Waals surface area contributed by atoms with Crippen molar-refractivity contribution in [2.24, 2.45) is 0 Å². The highest BCUT2D eigenvalue weighted by atomic mass is 19.1. The lowest BCUT2D eigenvalue weighted by atomic mass is 10.1. The van der Waals surface area contributed by atoms with Gasteiger partial charge in [-0.25, -0.2) is 9.18 Å². The summed E-state index contributed by atoms with van der Waals surface area (Å²) in [7, 11) is 0. The zero-order chi connectivity index (χ0) is 18.8. The van der Waals surface area contributed by atoms with Gasteiger partial charge in [0, 0.05) is 18.5 Å². The van der Waals surface area contributed by atoms with Gasteiger partial charge in [-0.1, -0.05) is 6.07 Å². The van der Waals surface area contributed by atoms with E-state index >= 15 is 0 Å². The fourth-order valence-corrected chi connectivity index (χ4v) is 2.23. The lowest BCUT2D eigenvalue weighted by molar-refractivity contribution is -0.130. The lowest BCUT2D eigenvalue weighted by Crippen LogP contribution is -2.44. The van der Waals surface area contributed by atoms with Crippen molar-refractivity contribution < 1.29 is 23.6 Å². The van der Waals surface area contributed by atoms with Crippen LogP contribution in [-0.2, 0) is 9.59 Å². The highest BCUT2D eigenvalue weighted by Crippen LogP contribution is 2.16. The number of carbonyl (C=O) groups is 4. The molecule has 0 spiro atoms. The fourth-order valence-electron chi connectivity index (χ4n) is 2.23. The van der Waals surface area contributed by atoms with E-state index < -0.39 is 35.1 Å². The topological polar surface area (TPSA) is 108 Å². The van der Waals surface area contributed by atoms with Crippen LogP contribution in [0, 0.1) is 12.7 Å². The molecule has 134 valence electrons. The SMILES string of the molecule is Cc1ccc(C(=O)NNC(=O)CCN2C(=O)NC(C)(C)C2=O)cc1F. The van der Waals surface area contributed by atoms with E-state index in [1.165, 1.54) is 12.1 Å². The van der Waals surface area contributed by atoms with Crippen molar-refractivity contribution >= 4 is 23.8 Å². The Morgan fingerprint density at radius 1 is 1.24 bits per heavy atom. The summed E-state index contributed by atoms with van der Waals surface area (Å²) < 4.78 is 13.4. The highest BCUT2D eigenvalue weighted by Gasteiger charge is 2.43. The smallest absolute Gasteiger partial charge is 0.324 e. The first kappa shape index (κ1) is 18.4. The Hall–Kier alpha value is -2.97. The zero-order valence-corrected chi connectivity index (χ0v) is 14.1. The summed E-state index contributed by atoms with van der Waals surface area (Å²) in [6, 6.07) is 3.37. The summed E-state index contributed by atoms with van der Waals surface area (Å²) >= 11 is 0. The van der Waals surface area contributed by atoms with Crippen LogP contribution in [0.2, 0.25) is 0 Å². The molecule has 5 amide bonds. The quantitative estimate of drug-likeness (QED) is 0.546. The maximum atomic E-state index is 13.4. The second-order valence-electron chi connectivity index (χ2n) is 6.23. The number of rotatable bonds is 4. The molecule has 2 rings (SSSR count). The second kappa shape index (κ2) is 6.88. The minimum Gasteiger partial charge on any atom is -0.324 e. The molecule has 0 unspecified atom stereocenters. The molecule has 0 aliphatic carbocycles. The zero-order valence-electron chi connectivity index (χ0n) is 14.1. The number of hydrazine groups is 1. The molecule has 1 heterocycles. The molecule has 3 N–H and O–H groups in total. The molecule has 0 bridgehead atoms. The van der Waals surface area contributed by atoms with Crippen LogP contribution in [0.4, 0.5) is 9.18 Å². The van der Waals surface area contributed by atoms with Gasteiger partial charge in [0.05, 0.1) is 0 Å². The van der Waals surface area contributed by atoms with E-state index in [9.17, 15) is 23.6 Å². The van der Waals surface area contributed by atoms with Gasteiger partial charge in [-0.05, 0) is 38.5 Å². The van der Waals surface area contributed by atoms with Gasteiger partial charge in [0.2, 0.25) is 5.91 Å². The number of nitrogens with zero attached hydrogens (tertiary/aromatic N) is 1. The van der Waals surface area contributed by atoms with E-state index in [2.05, 4.69) is 16.2 Å². The van der Waals surface area contributed by atoms with E-state index in [1.807, 2.05) is 0 Å². The third-order valence-corrected chi connectivity index (χ3v) is 3.76. The molecular formula is C16H19FN4O4. The number of aryl methyl sites for hydroxylation is 1. The van der Waals surface area contributed by atoms with E-state index in [0.717, 1.165) is 11.0 Å². The fraction of sp³-hybridized carbons (Fsp3) is 0.375. The van der Waals surface area contributed by atoms with Crippen LogP contribution in [0.1, 0.15) is 36.2 Å². The van der Waals surface area contributed by atoms with Crippen molar-refractivity contribution in [1.29, 1.82) is 0 Å². The molecule has 1 aliphatic rings. The number of amides is 5. The van der Waals surface area contributed by atoms with E-state index in [-0.39, 0.29) is 18.5 Å². The molecule has 0 saturated carbocycles. The van der Waals surface area contributed by atoms with Crippen molar-refractivity contribution in [3.63, 3.8) is 0 Å². The Labute approximate surface area is 143 Å². The standard InChI is InChI=1S/C16H19FN4O4/c1-9-4-5-10(8-11(9)17)13(23)20-19-12(22)6-7-21-14(24)16(2,3)18-15(21)25/h4-5,8H,6-7H2,1-3H3,(H,18,25)(H,19,22)(H,20,23). The van der Waals surface area contributed by atoms with Gasteiger partial charge in [0.15, 0.2) is 0 Å². The van der Waals surface area contributed by atoms with Crippen molar-refractivity contribution in [2.75, 3.05) is 6.54 Å². The van der Waals surface area contributed by atoms with Crippen molar-refractivity contribution in [3.05, 3.63) is 35.1 Å². The summed E-state index contributed by atoms with van der Waals surface area (Å²) in [5.41, 5.74) is 3.76. The molecule has 1 fully saturated rings. The maximum absolute atomic E-state index is 13.4. The van der Waals surface area contributed by atoms with Crippen LogP contribution in [0.5, 0.6) is 0 Å². The summed E-state index contributed by atoms with van der Waals surface area (Å²) in [6.07, 6.45) is -0.183. The Balaban J connectivity index is 1.83. The number of urea groups is 1. The summed E-state index contributed by atoms with van der Waals surface area (Å²) in [6.45, 7) is 4.58. The Morgan fingerprint density at radius 2 is 1.92 bits per heavy atom. The molecule has 25 heavy (non-hydrogen) atoms. The molecule has 8 nitrogen and oxygen atoms in total. The highest BCUT2D eigenvalue weighted by molar-refractivity contribution is 6.06. The molecule has 0 atom stereocenters. The summed E-state index contributed by atoms with van der Waals surface area (Å²) in [5.74, 6) is -2.22. The van der Waals surface area contributed by atoms with Gasteiger partial charge >= 0.3 is 6.03 Å². The van der Waals surface area contributed by atoms with Crippen LogP contribution in [-0.4, -0.2) is 40.7 Å². The molecule has 1 aromatic carbocycles. The molecule has 1 aliphatic heterocycles. The Morgan fingerprint density at radius 3 is 2.48 bits per heavy atom. The number of benzene rings is 1. The molecule has 1 saturated heterocycles. The molecule has 0 aromatic heterocycles. The van der Waals surface area contributed by atoms with Gasteiger partial charge in [-0.3, -0.25) is 30.1 Å². The number of hydrogen-bond donors (Lipinski definition) is 3. The first-order valence-electron chi connectivity index (χ1n) is 7.61. The van der Waals surface area contributed by atoms with Gasteiger partial charge in [0.25, 0.3) is 11.8 Å². The van der Waals surface area contributed by atoms with Gasteiger partial charge in [0.1, 0.15) is 11.4 Å². The Bertz CT molecular complexity index is 748. The van der Waals surface area contributed by atoms with Crippen LogP contribution in [0.3, 0.4) is 0 Å². The molecule has 9 heteroatoms. The van der Waals surface area contributed by atoms with Crippen LogP contribution < -0.4 is 16.2 Å². The number of halogens is 1. The van der Waals surface area contributed by atoms with Gasteiger partial charge in [-0.2, -0.15) is 0 Å². The predicted octanol–water partition coefficient (Wildman–Crippen LogP) is 0.616. The third-order valence-electron chi connectivity index (χ3n) is 3.76. The number of carbonyl (C=O) groups excluding carboxylic acids is 4. The minimum absolute atomic E-state index is 0.0549. The first-order chi connectivity index (χ1) is 11.6. The monoisotopic (exact) mass is 350 g/mol. The number of nitrogens with one attached hydrogen (secondary N) is 3. The van der Waals surface area contributed by atoms with E-state index in [0.29, 0.717) is 5.56 Å².